The maximum atomic E-state index is 12.2. The van der Waals surface area contributed by atoms with Crippen molar-refractivity contribution in [3.05, 3.63) is 58.7 Å². The van der Waals surface area contributed by atoms with E-state index in [4.69, 9.17) is 17.3 Å². The van der Waals surface area contributed by atoms with Crippen molar-refractivity contribution in [3.8, 4) is 5.75 Å². The van der Waals surface area contributed by atoms with Gasteiger partial charge in [0.1, 0.15) is 11.3 Å². The van der Waals surface area contributed by atoms with E-state index in [-0.39, 0.29) is 22.3 Å². The molecule has 0 bridgehead atoms. The molecule has 7 heteroatoms. The summed E-state index contributed by atoms with van der Waals surface area (Å²) in [5.41, 5.74) is 2.09. The molecule has 0 saturated heterocycles. The molecule has 2 aromatic rings. The number of anilines is 1. The summed E-state index contributed by atoms with van der Waals surface area (Å²) in [5, 5.41) is 24.2. The van der Waals surface area contributed by atoms with E-state index in [1.165, 1.54) is 12.1 Å². The Bertz CT molecular complexity index is 861. The highest BCUT2D eigenvalue weighted by molar-refractivity contribution is 7.80. The second-order valence-corrected chi connectivity index (χ2v) is 6.59. The SMILES string of the molecule is Cc1cc(NC(=S)NC(=O)c2ccc(C(C)C)cc2)cc(C(=O)O)c1O. The second-order valence-electron chi connectivity index (χ2n) is 6.18. The van der Waals surface area contributed by atoms with E-state index in [1.807, 2.05) is 12.1 Å². The van der Waals surface area contributed by atoms with Crippen molar-refractivity contribution < 1.29 is 19.8 Å². The van der Waals surface area contributed by atoms with Crippen LogP contribution in [0.25, 0.3) is 0 Å². The lowest BCUT2D eigenvalue weighted by atomic mass is 10.0. The summed E-state index contributed by atoms with van der Waals surface area (Å²) in [6, 6.07) is 10.0. The minimum Gasteiger partial charge on any atom is -0.507 e. The Morgan fingerprint density at radius 1 is 1.12 bits per heavy atom. The van der Waals surface area contributed by atoms with Gasteiger partial charge in [-0.05, 0) is 60.5 Å². The van der Waals surface area contributed by atoms with Crippen molar-refractivity contribution in [2.45, 2.75) is 26.7 Å². The molecule has 2 aromatic carbocycles. The van der Waals surface area contributed by atoms with Crippen molar-refractivity contribution in [1.29, 1.82) is 0 Å². The Hall–Kier alpha value is -2.93. The number of hydrogen-bond acceptors (Lipinski definition) is 4. The number of aromatic hydroxyl groups is 1. The highest BCUT2D eigenvalue weighted by atomic mass is 32.1. The zero-order valence-corrected chi connectivity index (χ0v) is 15.5. The van der Waals surface area contributed by atoms with Crippen molar-refractivity contribution in [3.63, 3.8) is 0 Å². The largest absolute Gasteiger partial charge is 0.507 e. The predicted octanol–water partition coefficient (Wildman–Crippen LogP) is 3.65. The normalized spacial score (nSPS) is 10.5. The molecule has 0 saturated carbocycles. The minimum atomic E-state index is -1.26. The summed E-state index contributed by atoms with van der Waals surface area (Å²) in [7, 11) is 0. The average molecular weight is 372 g/mol. The summed E-state index contributed by atoms with van der Waals surface area (Å²) in [4.78, 5) is 23.4. The molecule has 0 heterocycles. The predicted molar refractivity (Wildman–Crippen MR) is 104 cm³/mol. The molecule has 26 heavy (non-hydrogen) atoms. The van der Waals surface area contributed by atoms with Gasteiger partial charge in [-0.2, -0.15) is 0 Å². The fourth-order valence-electron chi connectivity index (χ4n) is 2.37. The number of aryl methyl sites for hydroxylation is 1. The number of carboxylic acids is 1. The highest BCUT2D eigenvalue weighted by Crippen LogP contribution is 2.26. The summed E-state index contributed by atoms with van der Waals surface area (Å²) in [6.45, 7) is 5.71. The molecule has 136 valence electrons. The van der Waals surface area contributed by atoms with Gasteiger partial charge in [-0.25, -0.2) is 4.79 Å². The monoisotopic (exact) mass is 372 g/mol. The standard InChI is InChI=1S/C19H20N2O4S/c1-10(2)12-4-6-13(7-5-12)17(23)21-19(26)20-14-8-11(3)16(22)15(9-14)18(24)25/h4-10,22H,1-3H3,(H,24,25)(H2,20,21,23,26). The Morgan fingerprint density at radius 2 is 1.73 bits per heavy atom. The molecule has 0 fully saturated rings. The lowest BCUT2D eigenvalue weighted by molar-refractivity contribution is 0.0693. The molecule has 0 aliphatic carbocycles. The molecule has 0 atom stereocenters. The average Bonchev–Trinajstić information content (AvgIpc) is 2.57. The van der Waals surface area contributed by atoms with Gasteiger partial charge in [0.05, 0.1) is 0 Å². The Kier molecular flexibility index (Phi) is 5.94. The first-order valence-corrected chi connectivity index (χ1v) is 8.39. The maximum absolute atomic E-state index is 12.2. The molecule has 0 aliphatic heterocycles. The van der Waals surface area contributed by atoms with E-state index in [0.29, 0.717) is 22.7 Å². The molecule has 0 spiro atoms. The quantitative estimate of drug-likeness (QED) is 0.483. The third-order valence-electron chi connectivity index (χ3n) is 3.86. The van der Waals surface area contributed by atoms with Crippen LogP contribution in [-0.4, -0.2) is 27.2 Å². The summed E-state index contributed by atoms with van der Waals surface area (Å²) in [5.74, 6) is -1.56. The van der Waals surface area contributed by atoms with Gasteiger partial charge in [-0.15, -0.1) is 0 Å². The number of amides is 1. The number of thiocarbonyl (C=S) groups is 1. The first-order chi connectivity index (χ1) is 12.2. The van der Waals surface area contributed by atoms with Gasteiger partial charge in [0.25, 0.3) is 5.91 Å². The number of benzene rings is 2. The maximum Gasteiger partial charge on any atom is 0.339 e. The summed E-state index contributed by atoms with van der Waals surface area (Å²) >= 11 is 5.11. The number of phenols is 1. The van der Waals surface area contributed by atoms with Crippen LogP contribution in [0.15, 0.2) is 36.4 Å². The molecule has 6 nitrogen and oxygen atoms in total. The molecule has 0 aliphatic rings. The van der Waals surface area contributed by atoms with Gasteiger partial charge in [0.15, 0.2) is 5.11 Å². The number of hydrogen-bond donors (Lipinski definition) is 4. The Balaban J connectivity index is 2.09. The molecule has 0 radical (unpaired) electrons. The lowest BCUT2D eigenvalue weighted by Gasteiger charge is -2.12. The molecular formula is C19H20N2O4S. The number of nitrogens with one attached hydrogen (secondary N) is 2. The van der Waals surface area contributed by atoms with Gasteiger partial charge in [0, 0.05) is 11.3 Å². The van der Waals surface area contributed by atoms with Gasteiger partial charge >= 0.3 is 5.97 Å². The van der Waals surface area contributed by atoms with Gasteiger partial charge in [0.2, 0.25) is 0 Å². The van der Waals surface area contributed by atoms with E-state index in [1.54, 1.807) is 19.1 Å². The highest BCUT2D eigenvalue weighted by Gasteiger charge is 2.15. The third-order valence-corrected chi connectivity index (χ3v) is 4.06. The van der Waals surface area contributed by atoms with Crippen LogP contribution in [0.1, 0.15) is 51.6 Å². The van der Waals surface area contributed by atoms with Crippen molar-refractivity contribution in [2.24, 2.45) is 0 Å². The van der Waals surface area contributed by atoms with Gasteiger partial charge < -0.3 is 15.5 Å². The lowest BCUT2D eigenvalue weighted by Crippen LogP contribution is -2.34. The van der Waals surface area contributed by atoms with Crippen LogP contribution in [0.3, 0.4) is 0 Å². The zero-order chi connectivity index (χ0) is 19.4. The first kappa shape index (κ1) is 19.4. The second kappa shape index (κ2) is 7.97. The van der Waals surface area contributed by atoms with Crippen molar-refractivity contribution >= 4 is 34.9 Å². The van der Waals surface area contributed by atoms with Crippen molar-refractivity contribution in [2.75, 3.05) is 5.32 Å². The number of rotatable bonds is 4. The van der Waals surface area contributed by atoms with Gasteiger partial charge in [-0.1, -0.05) is 26.0 Å². The van der Waals surface area contributed by atoms with E-state index >= 15 is 0 Å². The van der Waals surface area contributed by atoms with E-state index in [9.17, 15) is 14.7 Å². The van der Waals surface area contributed by atoms with Crippen LogP contribution >= 0.6 is 12.2 Å². The van der Waals surface area contributed by atoms with Crippen LogP contribution in [-0.2, 0) is 0 Å². The van der Waals surface area contributed by atoms with Crippen molar-refractivity contribution in [1.82, 2.24) is 5.32 Å². The molecule has 1 amide bonds. The smallest absolute Gasteiger partial charge is 0.339 e. The first-order valence-electron chi connectivity index (χ1n) is 7.98. The van der Waals surface area contributed by atoms with E-state index in [2.05, 4.69) is 24.5 Å². The molecular weight excluding hydrogens is 352 g/mol. The summed E-state index contributed by atoms with van der Waals surface area (Å²) < 4.78 is 0. The zero-order valence-electron chi connectivity index (χ0n) is 14.7. The Labute approximate surface area is 156 Å². The van der Waals surface area contributed by atoms with E-state index in [0.717, 1.165) is 5.56 Å². The number of aromatic carboxylic acids is 1. The summed E-state index contributed by atoms with van der Waals surface area (Å²) in [6.07, 6.45) is 0. The fourth-order valence-corrected chi connectivity index (χ4v) is 2.58. The molecule has 0 aromatic heterocycles. The number of carboxylic acid groups (broad SMARTS) is 1. The van der Waals surface area contributed by atoms with Crippen LogP contribution < -0.4 is 10.6 Å². The number of carbonyl (C=O) groups excluding carboxylic acids is 1. The molecule has 2 rings (SSSR count). The Morgan fingerprint density at radius 3 is 2.27 bits per heavy atom. The van der Waals surface area contributed by atoms with Crippen LogP contribution in [0, 0.1) is 6.92 Å². The van der Waals surface area contributed by atoms with Gasteiger partial charge in [-0.3, -0.25) is 10.1 Å². The van der Waals surface area contributed by atoms with Crippen LogP contribution in [0.5, 0.6) is 5.75 Å². The van der Waals surface area contributed by atoms with Crippen LogP contribution in [0.2, 0.25) is 0 Å². The fraction of sp³-hybridized carbons (Fsp3) is 0.211. The third kappa shape index (κ3) is 4.58. The minimum absolute atomic E-state index is 0.0318. The molecule has 0 unspecified atom stereocenters. The van der Waals surface area contributed by atoms with E-state index < -0.39 is 5.97 Å². The van der Waals surface area contributed by atoms with Crippen LogP contribution in [0.4, 0.5) is 5.69 Å². The topological polar surface area (TPSA) is 98.7 Å². The molecule has 4 N–H and O–H groups in total. The number of carbonyl (C=O) groups is 2.